The number of H-pyrrole nitrogens is 1. The van der Waals surface area contributed by atoms with Gasteiger partial charge in [0.15, 0.2) is 5.13 Å². The first-order chi connectivity index (χ1) is 17.9. The van der Waals surface area contributed by atoms with Crippen molar-refractivity contribution in [3.05, 3.63) is 59.7 Å². The number of fused-ring (bicyclic) bond motifs is 1. The Morgan fingerprint density at radius 2 is 2.00 bits per heavy atom. The number of likely N-dealkylation sites (tertiary alicyclic amines) is 1. The molecule has 3 N–H and O–H groups in total. The van der Waals surface area contributed by atoms with Gasteiger partial charge in [0.05, 0.1) is 17.9 Å². The fourth-order valence-electron chi connectivity index (χ4n) is 4.61. The van der Waals surface area contributed by atoms with Gasteiger partial charge in [0.2, 0.25) is 15.9 Å². The molecule has 0 saturated carbocycles. The molecule has 1 fully saturated rings. The third-order valence-electron chi connectivity index (χ3n) is 6.38. The molecule has 3 aromatic heterocycles. The van der Waals surface area contributed by atoms with Crippen LogP contribution in [0.3, 0.4) is 0 Å². The maximum absolute atomic E-state index is 12.7. The minimum Gasteiger partial charge on any atom is -0.345 e. The van der Waals surface area contributed by atoms with E-state index in [0.717, 1.165) is 41.9 Å². The fourth-order valence-corrected chi connectivity index (χ4v) is 6.43. The van der Waals surface area contributed by atoms with Crippen LogP contribution in [0.15, 0.2) is 54.2 Å². The third kappa shape index (κ3) is 6.73. The Balaban J connectivity index is 1.15. The van der Waals surface area contributed by atoms with Crippen LogP contribution in [0.4, 0.5) is 10.8 Å². The lowest BCUT2D eigenvalue weighted by molar-refractivity contribution is -0.115. The molecule has 4 heterocycles. The standard InChI is InChI=1S/C26H30N6O3S2/c33-24(30-26-29-23(18-36-26)22-17-28-25-21(22)9-5-10-27-25)16-19-7-4-8-20(15-19)31-37(34,35)14-6-13-32-11-2-1-3-12-32/h4-5,7-10,15,17-18,31H,1-3,6,11-14,16H2,(H,27,28)(H,29,30,33). The first-order valence-corrected chi connectivity index (χ1v) is 15.0. The third-order valence-corrected chi connectivity index (χ3v) is 8.51. The van der Waals surface area contributed by atoms with Crippen LogP contribution in [-0.2, 0) is 21.2 Å². The number of rotatable bonds is 10. The summed E-state index contributed by atoms with van der Waals surface area (Å²) in [6, 6.07) is 10.8. The van der Waals surface area contributed by atoms with Crippen molar-refractivity contribution in [3.63, 3.8) is 0 Å². The van der Waals surface area contributed by atoms with E-state index in [1.54, 1.807) is 30.5 Å². The normalized spacial score (nSPS) is 14.6. The van der Waals surface area contributed by atoms with Crippen LogP contribution in [0.2, 0.25) is 0 Å². The summed E-state index contributed by atoms with van der Waals surface area (Å²) in [5, 5.41) is 6.21. The monoisotopic (exact) mass is 538 g/mol. The summed E-state index contributed by atoms with van der Waals surface area (Å²) in [6.07, 6.45) is 7.94. The van der Waals surface area contributed by atoms with E-state index in [1.807, 2.05) is 23.7 Å². The van der Waals surface area contributed by atoms with Crippen LogP contribution >= 0.6 is 11.3 Å². The van der Waals surface area contributed by atoms with Gasteiger partial charge in [-0.05, 0) is 68.7 Å². The van der Waals surface area contributed by atoms with E-state index in [0.29, 0.717) is 22.8 Å². The van der Waals surface area contributed by atoms with Crippen LogP contribution in [0.25, 0.3) is 22.3 Å². The van der Waals surface area contributed by atoms with Gasteiger partial charge in [-0.25, -0.2) is 18.4 Å². The molecular formula is C26H30N6O3S2. The number of sulfonamides is 1. The number of benzene rings is 1. The molecule has 1 aliphatic heterocycles. The van der Waals surface area contributed by atoms with E-state index in [2.05, 4.69) is 29.9 Å². The highest BCUT2D eigenvalue weighted by molar-refractivity contribution is 7.92. The molecule has 9 nitrogen and oxygen atoms in total. The smallest absolute Gasteiger partial charge is 0.232 e. The van der Waals surface area contributed by atoms with Crippen molar-refractivity contribution in [2.24, 2.45) is 0 Å². The van der Waals surface area contributed by atoms with Gasteiger partial charge in [-0.3, -0.25) is 9.52 Å². The summed E-state index contributed by atoms with van der Waals surface area (Å²) in [7, 11) is -3.46. The molecule has 194 valence electrons. The zero-order chi connectivity index (χ0) is 25.7. The van der Waals surface area contributed by atoms with Crippen molar-refractivity contribution in [1.82, 2.24) is 19.9 Å². The van der Waals surface area contributed by atoms with Crippen molar-refractivity contribution in [3.8, 4) is 11.3 Å². The van der Waals surface area contributed by atoms with E-state index in [4.69, 9.17) is 0 Å². The zero-order valence-corrected chi connectivity index (χ0v) is 22.1. The van der Waals surface area contributed by atoms with Crippen molar-refractivity contribution in [2.75, 3.05) is 35.4 Å². The number of aromatic amines is 1. The molecule has 1 amide bonds. The average Bonchev–Trinajstić information content (AvgIpc) is 3.51. The van der Waals surface area contributed by atoms with Crippen molar-refractivity contribution in [2.45, 2.75) is 32.1 Å². The molecule has 0 radical (unpaired) electrons. The lowest BCUT2D eigenvalue weighted by Gasteiger charge is -2.26. The number of aromatic nitrogens is 3. The van der Waals surface area contributed by atoms with Gasteiger partial charge in [0, 0.05) is 34.4 Å². The number of piperidine rings is 1. The van der Waals surface area contributed by atoms with Gasteiger partial charge < -0.3 is 15.2 Å². The number of hydrogen-bond acceptors (Lipinski definition) is 7. The van der Waals surface area contributed by atoms with E-state index in [9.17, 15) is 13.2 Å². The molecule has 1 aromatic carbocycles. The Morgan fingerprint density at radius 3 is 2.86 bits per heavy atom. The predicted octanol–water partition coefficient (Wildman–Crippen LogP) is 4.49. The minimum atomic E-state index is -3.46. The largest absolute Gasteiger partial charge is 0.345 e. The summed E-state index contributed by atoms with van der Waals surface area (Å²) in [4.78, 5) is 27.0. The second-order valence-electron chi connectivity index (χ2n) is 9.24. The van der Waals surface area contributed by atoms with Gasteiger partial charge in [-0.2, -0.15) is 0 Å². The van der Waals surface area contributed by atoms with Gasteiger partial charge in [0.25, 0.3) is 0 Å². The highest BCUT2D eigenvalue weighted by Gasteiger charge is 2.15. The Kier molecular flexibility index (Phi) is 7.82. The molecular weight excluding hydrogens is 508 g/mol. The molecule has 4 aromatic rings. The first kappa shape index (κ1) is 25.4. The maximum Gasteiger partial charge on any atom is 0.232 e. The van der Waals surface area contributed by atoms with Crippen molar-refractivity contribution >= 4 is 49.1 Å². The molecule has 0 atom stereocenters. The lowest BCUT2D eigenvalue weighted by Crippen LogP contribution is -2.32. The number of amides is 1. The second-order valence-corrected chi connectivity index (χ2v) is 11.9. The molecule has 1 aliphatic rings. The van der Waals surface area contributed by atoms with Crippen LogP contribution in [0, 0.1) is 0 Å². The Bertz CT molecular complexity index is 1470. The number of nitrogens with zero attached hydrogens (tertiary/aromatic N) is 3. The summed E-state index contributed by atoms with van der Waals surface area (Å²) in [6.45, 7) is 2.91. The number of nitrogens with one attached hydrogen (secondary N) is 3. The molecule has 0 bridgehead atoms. The molecule has 5 rings (SSSR count). The number of anilines is 2. The van der Waals surface area contributed by atoms with Crippen molar-refractivity contribution in [1.29, 1.82) is 0 Å². The number of carbonyl (C=O) groups excluding carboxylic acids is 1. The van der Waals surface area contributed by atoms with Gasteiger partial charge in [0.1, 0.15) is 5.65 Å². The van der Waals surface area contributed by atoms with Crippen LogP contribution in [0.1, 0.15) is 31.2 Å². The molecule has 0 unspecified atom stereocenters. The number of carbonyl (C=O) groups is 1. The summed E-state index contributed by atoms with van der Waals surface area (Å²) >= 11 is 1.35. The van der Waals surface area contributed by atoms with E-state index in [-0.39, 0.29) is 18.1 Å². The Labute approximate surface area is 220 Å². The fraction of sp³-hybridized carbons (Fsp3) is 0.346. The zero-order valence-electron chi connectivity index (χ0n) is 20.4. The SMILES string of the molecule is O=C(Cc1cccc(NS(=O)(=O)CCCN2CCCCC2)c1)Nc1nc(-c2c[nH]c3ncccc23)cs1. The molecule has 37 heavy (non-hydrogen) atoms. The summed E-state index contributed by atoms with van der Waals surface area (Å²) < 4.78 is 27.8. The predicted molar refractivity (Wildman–Crippen MR) is 148 cm³/mol. The number of hydrogen-bond donors (Lipinski definition) is 3. The topological polar surface area (TPSA) is 120 Å². The maximum atomic E-state index is 12.7. The first-order valence-electron chi connectivity index (χ1n) is 12.4. The Morgan fingerprint density at radius 1 is 1.14 bits per heavy atom. The van der Waals surface area contributed by atoms with Crippen LogP contribution in [0.5, 0.6) is 0 Å². The van der Waals surface area contributed by atoms with E-state index >= 15 is 0 Å². The quantitative estimate of drug-likeness (QED) is 0.274. The highest BCUT2D eigenvalue weighted by Crippen LogP contribution is 2.30. The molecule has 1 saturated heterocycles. The molecule has 11 heteroatoms. The number of thiazole rings is 1. The van der Waals surface area contributed by atoms with Crippen LogP contribution in [-0.4, -0.2) is 59.6 Å². The molecule has 0 aliphatic carbocycles. The summed E-state index contributed by atoms with van der Waals surface area (Å²) in [5.74, 6) is -0.143. The average molecular weight is 539 g/mol. The second kappa shape index (κ2) is 11.4. The molecule has 0 spiro atoms. The lowest BCUT2D eigenvalue weighted by atomic mass is 10.1. The van der Waals surface area contributed by atoms with E-state index in [1.165, 1.54) is 30.6 Å². The van der Waals surface area contributed by atoms with E-state index < -0.39 is 10.0 Å². The van der Waals surface area contributed by atoms with Gasteiger partial charge >= 0.3 is 0 Å². The Hall–Kier alpha value is -3.28. The number of pyridine rings is 1. The minimum absolute atomic E-state index is 0.0765. The van der Waals surface area contributed by atoms with Gasteiger partial charge in [-0.15, -0.1) is 11.3 Å². The summed E-state index contributed by atoms with van der Waals surface area (Å²) in [5.41, 5.74) is 3.65. The highest BCUT2D eigenvalue weighted by atomic mass is 32.2. The van der Waals surface area contributed by atoms with Crippen molar-refractivity contribution < 1.29 is 13.2 Å². The van der Waals surface area contributed by atoms with Crippen LogP contribution < -0.4 is 10.0 Å². The van der Waals surface area contributed by atoms with Gasteiger partial charge in [-0.1, -0.05) is 18.6 Å².